The van der Waals surface area contributed by atoms with Crippen molar-refractivity contribution in [3.63, 3.8) is 0 Å². The summed E-state index contributed by atoms with van der Waals surface area (Å²) in [7, 11) is 3.19. The number of carbonyl (C=O) groups excluding carboxylic acids is 1. The molecule has 0 heterocycles. The summed E-state index contributed by atoms with van der Waals surface area (Å²) >= 11 is 0. The first-order chi connectivity index (χ1) is 12.3. The number of quaternary nitrogens is 1. The van der Waals surface area contributed by atoms with Crippen LogP contribution in [-0.2, 0) is 11.3 Å². The molecule has 2 atom stereocenters. The second-order valence-corrected chi connectivity index (χ2v) is 5.98. The van der Waals surface area contributed by atoms with Gasteiger partial charge in [-0.3, -0.25) is 14.9 Å². The number of benzene rings is 2. The molecular weight excluding hydrogens is 341 g/mol. The number of para-hydroxylation sites is 2. The molecular formula is C18H21FN3O4+. The van der Waals surface area contributed by atoms with E-state index in [1.807, 2.05) is 0 Å². The predicted octanol–water partition coefficient (Wildman–Crippen LogP) is 1.78. The van der Waals surface area contributed by atoms with Gasteiger partial charge in [0.2, 0.25) is 0 Å². The van der Waals surface area contributed by atoms with Crippen LogP contribution in [0.3, 0.4) is 0 Å². The van der Waals surface area contributed by atoms with Gasteiger partial charge < -0.3 is 15.0 Å². The zero-order valence-corrected chi connectivity index (χ0v) is 14.8. The summed E-state index contributed by atoms with van der Waals surface area (Å²) < 4.78 is 18.7. The summed E-state index contributed by atoms with van der Waals surface area (Å²) in [4.78, 5) is 23.7. The minimum absolute atomic E-state index is 0.151. The highest BCUT2D eigenvalue weighted by atomic mass is 19.1. The third-order valence-electron chi connectivity index (χ3n) is 4.19. The number of anilines is 1. The van der Waals surface area contributed by atoms with E-state index < -0.39 is 16.8 Å². The molecule has 2 N–H and O–H groups in total. The van der Waals surface area contributed by atoms with E-state index in [0.717, 1.165) is 4.90 Å². The summed E-state index contributed by atoms with van der Waals surface area (Å²) in [6, 6.07) is 10.1. The van der Waals surface area contributed by atoms with Crippen molar-refractivity contribution < 1.29 is 23.7 Å². The monoisotopic (exact) mass is 362 g/mol. The SMILES string of the molecule is COc1ccc(C[NH+](C)[C@@H](C)C(=O)Nc2ccccc2[N+](=O)[O-])cc1F. The number of amides is 1. The average Bonchev–Trinajstić information content (AvgIpc) is 2.61. The van der Waals surface area contributed by atoms with Crippen molar-refractivity contribution in [2.45, 2.75) is 19.5 Å². The minimum atomic E-state index is -0.545. The molecule has 0 saturated carbocycles. The summed E-state index contributed by atoms with van der Waals surface area (Å²) in [6.07, 6.45) is 0. The number of carbonyl (C=O) groups is 1. The number of nitro benzene ring substituents is 1. The molecule has 8 heteroatoms. The summed E-state index contributed by atoms with van der Waals surface area (Å²) in [5, 5.41) is 13.6. The van der Waals surface area contributed by atoms with Gasteiger partial charge in [0, 0.05) is 11.6 Å². The molecule has 0 saturated heterocycles. The molecule has 0 aromatic heterocycles. The quantitative estimate of drug-likeness (QED) is 0.581. The minimum Gasteiger partial charge on any atom is -0.494 e. The predicted molar refractivity (Wildman–Crippen MR) is 94.7 cm³/mol. The highest BCUT2D eigenvalue weighted by Gasteiger charge is 2.24. The topological polar surface area (TPSA) is 85.9 Å². The lowest BCUT2D eigenvalue weighted by molar-refractivity contribution is -0.907. The number of hydrogen-bond donors (Lipinski definition) is 2. The van der Waals surface area contributed by atoms with Crippen molar-refractivity contribution in [3.05, 3.63) is 64.0 Å². The Morgan fingerprint density at radius 3 is 2.65 bits per heavy atom. The van der Waals surface area contributed by atoms with E-state index in [0.29, 0.717) is 12.1 Å². The van der Waals surface area contributed by atoms with Crippen molar-refractivity contribution in [3.8, 4) is 5.75 Å². The Morgan fingerprint density at radius 2 is 2.04 bits per heavy atom. The van der Waals surface area contributed by atoms with Gasteiger partial charge in [-0.2, -0.15) is 0 Å². The van der Waals surface area contributed by atoms with Crippen LogP contribution in [0.4, 0.5) is 15.8 Å². The second-order valence-electron chi connectivity index (χ2n) is 5.98. The number of nitro groups is 1. The zero-order chi connectivity index (χ0) is 19.3. The van der Waals surface area contributed by atoms with E-state index in [2.05, 4.69) is 5.32 Å². The first-order valence-corrected chi connectivity index (χ1v) is 8.02. The van der Waals surface area contributed by atoms with Crippen molar-refractivity contribution >= 4 is 17.3 Å². The van der Waals surface area contributed by atoms with Crippen LogP contribution < -0.4 is 15.0 Å². The highest BCUT2D eigenvalue weighted by Crippen LogP contribution is 2.23. The fourth-order valence-electron chi connectivity index (χ4n) is 2.50. The molecule has 0 aliphatic carbocycles. The number of methoxy groups -OCH3 is 1. The van der Waals surface area contributed by atoms with Gasteiger partial charge in [0.1, 0.15) is 12.2 Å². The van der Waals surface area contributed by atoms with Crippen LogP contribution in [0.1, 0.15) is 12.5 Å². The molecule has 26 heavy (non-hydrogen) atoms. The molecule has 2 aromatic carbocycles. The number of nitrogens with one attached hydrogen (secondary N) is 2. The Hall–Kier alpha value is -3.00. The Kier molecular flexibility index (Phi) is 6.24. The normalized spacial score (nSPS) is 12.9. The van der Waals surface area contributed by atoms with Crippen molar-refractivity contribution in [1.82, 2.24) is 0 Å². The maximum absolute atomic E-state index is 13.8. The molecule has 7 nitrogen and oxygen atoms in total. The molecule has 0 bridgehead atoms. The molecule has 0 radical (unpaired) electrons. The first-order valence-electron chi connectivity index (χ1n) is 8.02. The number of ether oxygens (including phenoxy) is 1. The molecule has 1 unspecified atom stereocenters. The Morgan fingerprint density at radius 1 is 1.35 bits per heavy atom. The van der Waals surface area contributed by atoms with Gasteiger partial charge in [-0.15, -0.1) is 0 Å². The smallest absolute Gasteiger partial charge is 0.292 e. The lowest BCUT2D eigenvalue weighted by Gasteiger charge is -2.21. The fourth-order valence-corrected chi connectivity index (χ4v) is 2.50. The van der Waals surface area contributed by atoms with Crippen LogP contribution in [0.5, 0.6) is 5.75 Å². The van der Waals surface area contributed by atoms with Crippen LogP contribution in [0, 0.1) is 15.9 Å². The number of hydrogen-bond acceptors (Lipinski definition) is 4. The van der Waals surface area contributed by atoms with Gasteiger partial charge in [0.25, 0.3) is 11.6 Å². The van der Waals surface area contributed by atoms with Gasteiger partial charge in [-0.05, 0) is 31.2 Å². The van der Waals surface area contributed by atoms with Gasteiger partial charge in [-0.25, -0.2) is 4.39 Å². The zero-order valence-electron chi connectivity index (χ0n) is 14.8. The van der Waals surface area contributed by atoms with E-state index in [1.165, 1.54) is 37.4 Å². The third-order valence-corrected chi connectivity index (χ3v) is 4.19. The van der Waals surface area contributed by atoms with Gasteiger partial charge >= 0.3 is 0 Å². The second kappa shape index (κ2) is 8.39. The molecule has 0 fully saturated rings. The maximum Gasteiger partial charge on any atom is 0.292 e. The molecule has 0 spiro atoms. The van der Waals surface area contributed by atoms with Gasteiger partial charge in [-0.1, -0.05) is 12.1 Å². The number of nitrogens with zero attached hydrogens (tertiary/aromatic N) is 1. The van der Waals surface area contributed by atoms with Crippen LogP contribution in [-0.4, -0.2) is 31.0 Å². The number of likely N-dealkylation sites (N-methyl/N-ethyl adjacent to an activating group) is 1. The van der Waals surface area contributed by atoms with Crippen LogP contribution in [0.15, 0.2) is 42.5 Å². The van der Waals surface area contributed by atoms with E-state index >= 15 is 0 Å². The van der Waals surface area contributed by atoms with Crippen LogP contribution >= 0.6 is 0 Å². The maximum atomic E-state index is 13.8. The molecule has 0 aliphatic heterocycles. The van der Waals surface area contributed by atoms with Crippen molar-refractivity contribution in [2.24, 2.45) is 0 Å². The standard InChI is InChI=1S/C18H20FN3O4/c1-12(18(23)20-15-6-4-5-7-16(15)22(24)25)21(2)11-13-8-9-17(26-3)14(19)10-13/h4-10,12H,11H2,1-3H3,(H,20,23)/p+1/t12-/m0/s1. The lowest BCUT2D eigenvalue weighted by Crippen LogP contribution is -3.12. The summed E-state index contributed by atoms with van der Waals surface area (Å²) in [5.41, 5.74) is 0.701. The Balaban J connectivity index is 2.06. The van der Waals surface area contributed by atoms with Crippen molar-refractivity contribution in [1.29, 1.82) is 0 Å². The molecule has 2 rings (SSSR count). The van der Waals surface area contributed by atoms with Gasteiger partial charge in [0.15, 0.2) is 17.6 Å². The number of rotatable bonds is 7. The van der Waals surface area contributed by atoms with E-state index in [4.69, 9.17) is 4.74 Å². The van der Waals surface area contributed by atoms with E-state index in [9.17, 15) is 19.3 Å². The summed E-state index contributed by atoms with van der Waals surface area (Å²) in [5.74, 6) is -0.658. The molecule has 0 aliphatic rings. The van der Waals surface area contributed by atoms with Crippen LogP contribution in [0.2, 0.25) is 0 Å². The molecule has 2 aromatic rings. The fraction of sp³-hybridized carbons (Fsp3) is 0.278. The Labute approximate surface area is 150 Å². The largest absolute Gasteiger partial charge is 0.494 e. The van der Waals surface area contributed by atoms with Gasteiger partial charge in [0.05, 0.1) is 19.1 Å². The molecule has 1 amide bonds. The first kappa shape index (κ1) is 19.3. The van der Waals surface area contributed by atoms with Crippen molar-refractivity contribution in [2.75, 3.05) is 19.5 Å². The van der Waals surface area contributed by atoms with Crippen LogP contribution in [0.25, 0.3) is 0 Å². The Bertz CT molecular complexity index is 813. The lowest BCUT2D eigenvalue weighted by atomic mass is 10.1. The third kappa shape index (κ3) is 4.54. The summed E-state index contributed by atoms with van der Waals surface area (Å²) in [6.45, 7) is 2.12. The highest BCUT2D eigenvalue weighted by molar-refractivity contribution is 5.95. The molecule has 138 valence electrons. The van der Waals surface area contributed by atoms with E-state index in [-0.39, 0.29) is 23.0 Å². The number of halogens is 1. The average molecular weight is 362 g/mol. The van der Waals surface area contributed by atoms with E-state index in [1.54, 1.807) is 26.1 Å².